The first-order valence-corrected chi connectivity index (χ1v) is 7.62. The van der Waals surface area contributed by atoms with Crippen molar-refractivity contribution in [3.63, 3.8) is 0 Å². The SMILES string of the molecule is CCNC(=NCc1ccc(C(=O)N(C)C)cc1)NCCC(F)(F)F.I. The van der Waals surface area contributed by atoms with Gasteiger partial charge in [0.25, 0.3) is 5.91 Å². The van der Waals surface area contributed by atoms with Crippen molar-refractivity contribution in [3.05, 3.63) is 35.4 Å². The fourth-order valence-corrected chi connectivity index (χ4v) is 1.85. The lowest BCUT2D eigenvalue weighted by Gasteiger charge is -2.13. The minimum atomic E-state index is -4.20. The highest BCUT2D eigenvalue weighted by Crippen LogP contribution is 2.18. The molecule has 0 fully saturated rings. The Hall–Kier alpha value is -1.52. The zero-order valence-electron chi connectivity index (χ0n) is 14.5. The second-order valence-electron chi connectivity index (χ2n) is 5.38. The molecule has 1 aromatic carbocycles. The Bertz CT molecular complexity index is 559. The van der Waals surface area contributed by atoms with E-state index in [0.29, 0.717) is 24.6 Å². The number of benzene rings is 1. The van der Waals surface area contributed by atoms with Gasteiger partial charge in [0.1, 0.15) is 0 Å². The van der Waals surface area contributed by atoms with Crippen molar-refractivity contribution in [1.82, 2.24) is 15.5 Å². The van der Waals surface area contributed by atoms with Crippen LogP contribution in [0.15, 0.2) is 29.3 Å². The van der Waals surface area contributed by atoms with Gasteiger partial charge in [0.2, 0.25) is 0 Å². The zero-order valence-corrected chi connectivity index (χ0v) is 16.8. The predicted octanol–water partition coefficient (Wildman–Crippen LogP) is 3.01. The first kappa shape index (κ1) is 23.5. The van der Waals surface area contributed by atoms with Crippen LogP contribution in [0.1, 0.15) is 29.3 Å². The van der Waals surface area contributed by atoms with E-state index in [2.05, 4.69) is 15.6 Å². The average molecular weight is 472 g/mol. The third kappa shape index (κ3) is 9.51. The van der Waals surface area contributed by atoms with E-state index in [4.69, 9.17) is 0 Å². The molecule has 9 heteroatoms. The molecular weight excluding hydrogens is 448 g/mol. The second-order valence-corrected chi connectivity index (χ2v) is 5.38. The molecule has 0 saturated heterocycles. The first-order chi connectivity index (χ1) is 11.2. The summed E-state index contributed by atoms with van der Waals surface area (Å²) in [7, 11) is 3.35. The van der Waals surface area contributed by atoms with Crippen LogP contribution in [0, 0.1) is 0 Å². The van der Waals surface area contributed by atoms with E-state index in [1.807, 2.05) is 6.92 Å². The molecule has 0 aliphatic carbocycles. The van der Waals surface area contributed by atoms with Crippen LogP contribution >= 0.6 is 24.0 Å². The molecular formula is C16H24F3IN4O. The summed E-state index contributed by atoms with van der Waals surface area (Å²) in [6.45, 7) is 2.46. The molecule has 0 radical (unpaired) electrons. The van der Waals surface area contributed by atoms with Crippen LogP contribution in [0.4, 0.5) is 13.2 Å². The number of rotatable bonds is 6. The minimum Gasteiger partial charge on any atom is -0.357 e. The number of carbonyl (C=O) groups is 1. The van der Waals surface area contributed by atoms with Crippen LogP contribution in [-0.2, 0) is 6.54 Å². The molecule has 142 valence electrons. The van der Waals surface area contributed by atoms with Gasteiger partial charge in [-0.25, -0.2) is 4.99 Å². The Labute approximate surface area is 163 Å². The largest absolute Gasteiger partial charge is 0.390 e. The van der Waals surface area contributed by atoms with Gasteiger partial charge in [0.15, 0.2) is 5.96 Å². The fourth-order valence-electron chi connectivity index (χ4n) is 1.85. The minimum absolute atomic E-state index is 0. The molecule has 0 heterocycles. The van der Waals surface area contributed by atoms with Gasteiger partial charge < -0.3 is 15.5 Å². The fraction of sp³-hybridized carbons (Fsp3) is 0.500. The van der Waals surface area contributed by atoms with Crippen molar-refractivity contribution in [2.45, 2.75) is 26.1 Å². The highest BCUT2D eigenvalue weighted by molar-refractivity contribution is 14.0. The molecule has 0 spiro atoms. The quantitative estimate of drug-likeness (QED) is 0.381. The van der Waals surface area contributed by atoms with Crippen LogP contribution in [0.25, 0.3) is 0 Å². The molecule has 0 bridgehead atoms. The summed E-state index contributed by atoms with van der Waals surface area (Å²) in [5, 5.41) is 5.54. The number of nitrogens with one attached hydrogen (secondary N) is 2. The summed E-state index contributed by atoms with van der Waals surface area (Å²) >= 11 is 0. The van der Waals surface area contributed by atoms with Gasteiger partial charge in [-0.2, -0.15) is 13.2 Å². The maximum atomic E-state index is 12.2. The van der Waals surface area contributed by atoms with Gasteiger partial charge in [-0.05, 0) is 24.6 Å². The number of amides is 1. The average Bonchev–Trinajstić information content (AvgIpc) is 2.51. The van der Waals surface area contributed by atoms with Crippen LogP contribution in [0.5, 0.6) is 0 Å². The van der Waals surface area contributed by atoms with Crippen molar-refractivity contribution in [2.75, 3.05) is 27.2 Å². The van der Waals surface area contributed by atoms with E-state index in [0.717, 1.165) is 5.56 Å². The maximum absolute atomic E-state index is 12.2. The van der Waals surface area contributed by atoms with Crippen molar-refractivity contribution in [1.29, 1.82) is 0 Å². The summed E-state index contributed by atoms with van der Waals surface area (Å²) in [6, 6.07) is 6.97. The number of halogens is 4. The Morgan fingerprint density at radius 2 is 1.76 bits per heavy atom. The van der Waals surface area contributed by atoms with E-state index in [1.54, 1.807) is 38.4 Å². The Morgan fingerprint density at radius 3 is 2.24 bits per heavy atom. The van der Waals surface area contributed by atoms with Crippen molar-refractivity contribution < 1.29 is 18.0 Å². The number of alkyl halides is 3. The maximum Gasteiger partial charge on any atom is 0.390 e. The lowest BCUT2D eigenvalue weighted by Crippen LogP contribution is -2.38. The summed E-state index contributed by atoms with van der Waals surface area (Å²) in [6.07, 6.45) is -5.11. The van der Waals surface area contributed by atoms with Gasteiger partial charge in [-0.1, -0.05) is 12.1 Å². The van der Waals surface area contributed by atoms with E-state index < -0.39 is 12.6 Å². The molecule has 25 heavy (non-hydrogen) atoms. The third-order valence-electron chi connectivity index (χ3n) is 3.07. The molecule has 0 aliphatic heterocycles. The monoisotopic (exact) mass is 472 g/mol. The van der Waals surface area contributed by atoms with Crippen LogP contribution in [0.3, 0.4) is 0 Å². The topological polar surface area (TPSA) is 56.7 Å². The lowest BCUT2D eigenvalue weighted by molar-refractivity contribution is -0.132. The highest BCUT2D eigenvalue weighted by atomic mass is 127. The molecule has 1 aromatic rings. The molecule has 1 rings (SSSR count). The highest BCUT2D eigenvalue weighted by Gasteiger charge is 2.26. The van der Waals surface area contributed by atoms with Gasteiger partial charge in [0, 0.05) is 32.7 Å². The van der Waals surface area contributed by atoms with Crippen molar-refractivity contribution in [2.24, 2.45) is 4.99 Å². The van der Waals surface area contributed by atoms with E-state index in [1.165, 1.54) is 4.90 Å². The van der Waals surface area contributed by atoms with Gasteiger partial charge in [-0.15, -0.1) is 24.0 Å². The number of aliphatic imine (C=N–C) groups is 1. The normalized spacial score (nSPS) is 11.5. The van der Waals surface area contributed by atoms with Gasteiger partial charge in [0.05, 0.1) is 13.0 Å². The summed E-state index contributed by atoms with van der Waals surface area (Å²) in [5.41, 5.74) is 1.43. The van der Waals surface area contributed by atoms with E-state index >= 15 is 0 Å². The number of guanidine groups is 1. The molecule has 0 unspecified atom stereocenters. The molecule has 1 amide bonds. The molecule has 0 saturated carbocycles. The molecule has 0 aliphatic rings. The standard InChI is InChI=1S/C16H23F3N4O.HI/c1-4-20-15(21-10-9-16(17,18)19)22-11-12-5-7-13(8-6-12)14(24)23(2)3;/h5-8H,4,9-11H2,1-3H3,(H2,20,21,22);1H. The third-order valence-corrected chi connectivity index (χ3v) is 3.07. The zero-order chi connectivity index (χ0) is 18.2. The van der Waals surface area contributed by atoms with Gasteiger partial charge >= 0.3 is 6.18 Å². The number of carbonyl (C=O) groups excluding carboxylic acids is 1. The second kappa shape index (κ2) is 11.2. The first-order valence-electron chi connectivity index (χ1n) is 7.62. The summed E-state index contributed by atoms with van der Waals surface area (Å²) in [5.74, 6) is 0.238. The number of hydrogen-bond donors (Lipinski definition) is 2. The van der Waals surface area contributed by atoms with Gasteiger partial charge in [-0.3, -0.25) is 4.79 Å². The van der Waals surface area contributed by atoms with Crippen LogP contribution in [-0.4, -0.2) is 50.1 Å². The van der Waals surface area contributed by atoms with Crippen LogP contribution < -0.4 is 10.6 Å². The Balaban J connectivity index is 0.00000576. The van der Waals surface area contributed by atoms with Crippen LogP contribution in [0.2, 0.25) is 0 Å². The smallest absolute Gasteiger partial charge is 0.357 e. The summed E-state index contributed by atoms with van der Waals surface area (Å²) in [4.78, 5) is 17.5. The number of hydrogen-bond acceptors (Lipinski definition) is 2. The molecule has 2 N–H and O–H groups in total. The lowest BCUT2D eigenvalue weighted by atomic mass is 10.1. The predicted molar refractivity (Wildman–Crippen MR) is 103 cm³/mol. The summed E-state index contributed by atoms with van der Waals surface area (Å²) < 4.78 is 36.5. The molecule has 5 nitrogen and oxygen atoms in total. The molecule has 0 atom stereocenters. The van der Waals surface area contributed by atoms with Crippen molar-refractivity contribution in [3.8, 4) is 0 Å². The molecule has 0 aromatic heterocycles. The number of nitrogens with zero attached hydrogens (tertiary/aromatic N) is 2. The Kier molecular flexibility index (Phi) is 10.5. The van der Waals surface area contributed by atoms with E-state index in [-0.39, 0.29) is 36.4 Å². The van der Waals surface area contributed by atoms with E-state index in [9.17, 15) is 18.0 Å². The van der Waals surface area contributed by atoms with Crippen molar-refractivity contribution >= 4 is 35.8 Å². The Morgan fingerprint density at radius 1 is 1.16 bits per heavy atom.